The fourth-order valence-electron chi connectivity index (χ4n) is 9.58. The number of morpholine rings is 1. The van der Waals surface area contributed by atoms with E-state index in [-0.39, 0.29) is 41.7 Å². The number of nitrogens with zero attached hydrogens (tertiary/aromatic N) is 3. The molecule has 3 amide bonds. The Morgan fingerprint density at radius 3 is 2.66 bits per heavy atom. The molecule has 1 spiro atoms. The van der Waals surface area contributed by atoms with E-state index in [9.17, 15) is 19.5 Å². The maximum atomic E-state index is 13.6. The first-order valence-corrected chi connectivity index (χ1v) is 22.4. The number of phenolic OH excluding ortho intramolecular Hbond substituents is 1. The van der Waals surface area contributed by atoms with Gasteiger partial charge in [0.1, 0.15) is 17.1 Å². The highest BCUT2D eigenvalue weighted by atomic mass is 16.5. The molecule has 4 aliphatic rings. The number of benzene rings is 3. The molecule has 1 aliphatic carbocycles. The first-order chi connectivity index (χ1) is 29.7. The van der Waals surface area contributed by atoms with Crippen molar-refractivity contribution in [2.75, 3.05) is 77.6 Å². The first-order valence-electron chi connectivity index (χ1n) is 22.4. The molecule has 0 bridgehead atoms. The second-order valence-corrected chi connectivity index (χ2v) is 17.4. The van der Waals surface area contributed by atoms with Gasteiger partial charge in [-0.05, 0) is 92.9 Å². The third-order valence-electron chi connectivity index (χ3n) is 13.0. The van der Waals surface area contributed by atoms with Crippen LogP contribution in [0.25, 0.3) is 10.9 Å². The van der Waals surface area contributed by atoms with Gasteiger partial charge in [0, 0.05) is 56.2 Å². The van der Waals surface area contributed by atoms with E-state index in [1.54, 1.807) is 6.07 Å². The molecule has 0 unspecified atom stereocenters. The van der Waals surface area contributed by atoms with Crippen LogP contribution in [0.4, 0.5) is 5.69 Å². The van der Waals surface area contributed by atoms with E-state index < -0.39 is 0 Å². The normalized spacial score (nSPS) is 18.2. The molecule has 3 fully saturated rings. The number of piperidine rings is 1. The van der Waals surface area contributed by atoms with E-state index in [1.165, 1.54) is 23.1 Å². The summed E-state index contributed by atoms with van der Waals surface area (Å²) in [5, 5.41) is 17.4. The van der Waals surface area contributed by atoms with Crippen molar-refractivity contribution in [1.29, 1.82) is 0 Å². The molecule has 13 nitrogen and oxygen atoms in total. The summed E-state index contributed by atoms with van der Waals surface area (Å²) in [7, 11) is 0. The van der Waals surface area contributed by atoms with Crippen LogP contribution >= 0.6 is 0 Å². The van der Waals surface area contributed by atoms with Gasteiger partial charge in [0.15, 0.2) is 12.4 Å². The number of likely N-dealkylation sites (tertiary alicyclic amines) is 1. The van der Waals surface area contributed by atoms with E-state index in [0.29, 0.717) is 82.5 Å². The standard InChI is InChI=1S/C48H62N6O7/c1-34-10-12-40-38(28-34)30-41(50-40)47(58)53-24-27-61-48(33-53)17-21-52(22-18-48)31-36-7-5-6-35(29-36)15-25-59-26-16-44(57)54(39-8-3-2-4-9-39)23-20-49-19-14-37-11-13-42(55)45-46(37)60-32-43(56)51-45/h5-7,10-13,28-30,39,49-50,55H,2-4,8-9,14-27,31-33H2,1H3,(H,51,56). The number of aryl methyl sites for hydroxylation is 1. The Balaban J connectivity index is 0.747. The highest BCUT2D eigenvalue weighted by Crippen LogP contribution is 2.39. The number of rotatable bonds is 16. The van der Waals surface area contributed by atoms with Crippen molar-refractivity contribution in [3.8, 4) is 11.5 Å². The van der Waals surface area contributed by atoms with Crippen LogP contribution in [0, 0.1) is 6.92 Å². The molecule has 326 valence electrons. The zero-order chi connectivity index (χ0) is 42.2. The quantitative estimate of drug-likeness (QED) is 0.0793. The Morgan fingerprint density at radius 1 is 0.967 bits per heavy atom. The van der Waals surface area contributed by atoms with E-state index in [1.807, 2.05) is 23.1 Å². The molecule has 3 aliphatic heterocycles. The lowest BCUT2D eigenvalue weighted by atomic mass is 9.89. The van der Waals surface area contributed by atoms with Gasteiger partial charge in [-0.1, -0.05) is 61.2 Å². The summed E-state index contributed by atoms with van der Waals surface area (Å²) in [6.45, 7) is 9.46. The first kappa shape index (κ1) is 42.7. The predicted octanol–water partition coefficient (Wildman–Crippen LogP) is 5.96. The minimum absolute atomic E-state index is 0.00454. The highest BCUT2D eigenvalue weighted by Gasteiger charge is 2.41. The number of hydrogen-bond acceptors (Lipinski definition) is 9. The molecule has 1 saturated carbocycles. The molecule has 4 N–H and O–H groups in total. The van der Waals surface area contributed by atoms with Crippen molar-refractivity contribution in [3.63, 3.8) is 0 Å². The van der Waals surface area contributed by atoms with Crippen LogP contribution in [0.1, 0.15) is 84.1 Å². The van der Waals surface area contributed by atoms with Crippen molar-refractivity contribution in [3.05, 3.63) is 88.6 Å². The average Bonchev–Trinajstić information content (AvgIpc) is 3.70. The molecule has 61 heavy (non-hydrogen) atoms. The van der Waals surface area contributed by atoms with Gasteiger partial charge < -0.3 is 44.7 Å². The number of amides is 3. The van der Waals surface area contributed by atoms with Gasteiger partial charge in [0.2, 0.25) is 5.91 Å². The summed E-state index contributed by atoms with van der Waals surface area (Å²) in [5.41, 5.74) is 6.26. The second-order valence-electron chi connectivity index (χ2n) is 17.4. The van der Waals surface area contributed by atoms with E-state index in [2.05, 4.69) is 68.7 Å². The topological polar surface area (TPSA) is 149 Å². The van der Waals surface area contributed by atoms with Crippen LogP contribution in [0.2, 0.25) is 0 Å². The number of ether oxygens (including phenoxy) is 3. The Bertz CT molecular complexity index is 2160. The van der Waals surface area contributed by atoms with Gasteiger partial charge in [-0.15, -0.1) is 0 Å². The lowest BCUT2D eigenvalue weighted by Crippen LogP contribution is -2.58. The van der Waals surface area contributed by atoms with Crippen LogP contribution < -0.4 is 15.4 Å². The Kier molecular flexibility index (Phi) is 13.9. The molecule has 4 aromatic rings. The zero-order valence-electron chi connectivity index (χ0n) is 35.6. The third kappa shape index (κ3) is 10.7. The number of aromatic amines is 1. The molecule has 4 heterocycles. The van der Waals surface area contributed by atoms with Crippen LogP contribution in [0.15, 0.2) is 60.7 Å². The molecule has 1 aromatic heterocycles. The van der Waals surface area contributed by atoms with Crippen LogP contribution in [-0.2, 0) is 38.4 Å². The fourth-order valence-corrected chi connectivity index (χ4v) is 9.58. The van der Waals surface area contributed by atoms with Gasteiger partial charge in [-0.3, -0.25) is 19.3 Å². The predicted molar refractivity (Wildman–Crippen MR) is 235 cm³/mol. The van der Waals surface area contributed by atoms with Gasteiger partial charge in [0.25, 0.3) is 11.8 Å². The molecule has 13 heteroatoms. The molecular formula is C48H62N6O7. The number of carbonyl (C=O) groups is 3. The van der Waals surface area contributed by atoms with Gasteiger partial charge in [-0.25, -0.2) is 0 Å². The van der Waals surface area contributed by atoms with Crippen molar-refractivity contribution >= 4 is 34.3 Å². The number of fused-ring (bicyclic) bond motifs is 2. The zero-order valence-corrected chi connectivity index (χ0v) is 35.6. The maximum Gasteiger partial charge on any atom is 0.270 e. The van der Waals surface area contributed by atoms with Crippen molar-refractivity contribution in [1.82, 2.24) is 25.0 Å². The van der Waals surface area contributed by atoms with Crippen molar-refractivity contribution in [2.24, 2.45) is 0 Å². The molecule has 8 rings (SSSR count). The average molecular weight is 835 g/mol. The number of carbonyl (C=O) groups excluding carboxylic acids is 3. The Hall–Kier alpha value is -4.95. The molecule has 2 saturated heterocycles. The largest absolute Gasteiger partial charge is 0.506 e. The van der Waals surface area contributed by atoms with Crippen molar-refractivity contribution in [2.45, 2.75) is 89.3 Å². The molecular weight excluding hydrogens is 773 g/mol. The smallest absolute Gasteiger partial charge is 0.270 e. The number of phenols is 1. The minimum atomic E-state index is -0.299. The number of anilines is 1. The number of H-pyrrole nitrogens is 1. The number of nitrogens with one attached hydrogen (secondary N) is 3. The Labute approximate surface area is 359 Å². The molecule has 3 aromatic carbocycles. The van der Waals surface area contributed by atoms with Crippen LogP contribution in [0.3, 0.4) is 0 Å². The summed E-state index contributed by atoms with van der Waals surface area (Å²) in [6, 6.07) is 20.6. The Morgan fingerprint density at radius 2 is 1.80 bits per heavy atom. The van der Waals surface area contributed by atoms with Gasteiger partial charge in [0.05, 0.1) is 38.4 Å². The van der Waals surface area contributed by atoms with Gasteiger partial charge >= 0.3 is 0 Å². The number of hydrogen-bond donors (Lipinski definition) is 4. The van der Waals surface area contributed by atoms with Crippen molar-refractivity contribution < 1.29 is 33.7 Å². The molecule has 0 atom stereocenters. The second kappa shape index (κ2) is 19.8. The lowest BCUT2D eigenvalue weighted by molar-refractivity contribution is -0.135. The SMILES string of the molecule is Cc1ccc2[nH]c(C(=O)N3CCOC4(CCN(Cc5cccc(CCOCCC(=O)N(CCNCCc6ccc(O)c7c6OCC(=O)N7)C6CCCCC6)c5)CC4)C3)cc2c1. The summed E-state index contributed by atoms with van der Waals surface area (Å²) >= 11 is 0. The summed E-state index contributed by atoms with van der Waals surface area (Å²) < 4.78 is 18.1. The summed E-state index contributed by atoms with van der Waals surface area (Å²) in [5.74, 6) is 0.437. The monoisotopic (exact) mass is 834 g/mol. The van der Waals surface area contributed by atoms with Crippen LogP contribution in [0.5, 0.6) is 11.5 Å². The number of aromatic nitrogens is 1. The fraction of sp³-hybridized carbons (Fsp3) is 0.521. The summed E-state index contributed by atoms with van der Waals surface area (Å²) in [4.78, 5) is 48.7. The minimum Gasteiger partial charge on any atom is -0.506 e. The van der Waals surface area contributed by atoms with E-state index in [4.69, 9.17) is 14.2 Å². The maximum absolute atomic E-state index is 13.6. The number of aromatic hydroxyl groups is 1. The lowest BCUT2D eigenvalue weighted by Gasteiger charge is -2.47. The third-order valence-corrected chi connectivity index (χ3v) is 13.0. The molecule has 0 radical (unpaired) electrons. The van der Waals surface area contributed by atoms with Crippen LogP contribution in [-0.4, -0.2) is 126 Å². The van der Waals surface area contributed by atoms with E-state index >= 15 is 0 Å². The van der Waals surface area contributed by atoms with E-state index in [0.717, 1.165) is 81.0 Å². The summed E-state index contributed by atoms with van der Waals surface area (Å²) in [6.07, 6.45) is 9.23. The van der Waals surface area contributed by atoms with Gasteiger partial charge in [-0.2, -0.15) is 0 Å². The highest BCUT2D eigenvalue weighted by molar-refractivity contribution is 5.98.